The van der Waals surface area contributed by atoms with Crippen LogP contribution in [0.4, 0.5) is 5.82 Å². The van der Waals surface area contributed by atoms with Gasteiger partial charge in [0, 0.05) is 38.3 Å². The van der Waals surface area contributed by atoms with Crippen LogP contribution < -0.4 is 10.6 Å². The molecule has 2 N–H and O–H groups in total. The highest BCUT2D eigenvalue weighted by molar-refractivity contribution is 5.79. The van der Waals surface area contributed by atoms with Gasteiger partial charge in [0.05, 0.1) is 0 Å². The Hall–Kier alpha value is -1.62. The summed E-state index contributed by atoms with van der Waals surface area (Å²) < 4.78 is 0. The first-order chi connectivity index (χ1) is 10.3. The lowest BCUT2D eigenvalue weighted by Crippen LogP contribution is -2.51. The summed E-state index contributed by atoms with van der Waals surface area (Å²) in [5.74, 6) is 1.89. The summed E-state index contributed by atoms with van der Waals surface area (Å²) in [5, 5.41) is 0. The van der Waals surface area contributed by atoms with E-state index in [1.807, 2.05) is 29.3 Å². The van der Waals surface area contributed by atoms with Crippen molar-refractivity contribution in [2.45, 2.75) is 19.3 Å². The fourth-order valence-electron chi connectivity index (χ4n) is 3.58. The van der Waals surface area contributed by atoms with Crippen LogP contribution in [-0.4, -0.2) is 48.5 Å². The Morgan fingerprint density at radius 3 is 2.71 bits per heavy atom. The second-order valence-corrected chi connectivity index (χ2v) is 6.03. The van der Waals surface area contributed by atoms with E-state index in [4.69, 9.17) is 5.73 Å². The molecule has 0 radical (unpaired) electrons. The monoisotopic (exact) mass is 288 g/mol. The molecule has 114 valence electrons. The number of nitrogens with zero attached hydrogens (tertiary/aromatic N) is 3. The summed E-state index contributed by atoms with van der Waals surface area (Å²) in [6.07, 6.45) is 5.09. The standard InChI is InChI=1S/C16H24N4O/c17-12-13-4-3-5-14(13)16(21)20-10-8-19(9-11-20)15-6-1-2-7-18-15/h1-2,6-7,13-14H,3-5,8-12,17H2. The van der Waals surface area contributed by atoms with E-state index in [0.717, 1.165) is 51.3 Å². The van der Waals surface area contributed by atoms with Crippen LogP contribution in [-0.2, 0) is 4.79 Å². The maximum atomic E-state index is 12.6. The van der Waals surface area contributed by atoms with Crippen LogP contribution in [0.25, 0.3) is 0 Å². The first-order valence-corrected chi connectivity index (χ1v) is 7.94. The molecule has 2 atom stereocenters. The topological polar surface area (TPSA) is 62.5 Å². The zero-order valence-corrected chi connectivity index (χ0v) is 12.4. The summed E-state index contributed by atoms with van der Waals surface area (Å²) in [6.45, 7) is 3.96. The van der Waals surface area contributed by atoms with Crippen molar-refractivity contribution in [2.24, 2.45) is 17.6 Å². The zero-order chi connectivity index (χ0) is 14.7. The van der Waals surface area contributed by atoms with Crippen molar-refractivity contribution in [3.63, 3.8) is 0 Å². The van der Waals surface area contributed by atoms with Crippen LogP contribution in [0.1, 0.15) is 19.3 Å². The molecule has 1 saturated heterocycles. The minimum atomic E-state index is 0.163. The summed E-state index contributed by atoms with van der Waals surface area (Å²) >= 11 is 0. The number of piperazine rings is 1. The molecule has 2 aliphatic rings. The highest BCUT2D eigenvalue weighted by Gasteiger charge is 2.35. The Bertz CT molecular complexity index is 470. The van der Waals surface area contributed by atoms with Gasteiger partial charge in [-0.15, -0.1) is 0 Å². The number of hydrogen-bond donors (Lipinski definition) is 1. The molecular formula is C16H24N4O. The van der Waals surface area contributed by atoms with Crippen LogP contribution in [0.5, 0.6) is 0 Å². The summed E-state index contributed by atoms with van der Waals surface area (Å²) in [6, 6.07) is 5.96. The van der Waals surface area contributed by atoms with E-state index in [0.29, 0.717) is 18.4 Å². The molecule has 5 heteroatoms. The highest BCUT2D eigenvalue weighted by Crippen LogP contribution is 2.32. The molecule has 2 fully saturated rings. The minimum absolute atomic E-state index is 0.163. The Balaban J connectivity index is 1.57. The van der Waals surface area contributed by atoms with Crippen molar-refractivity contribution < 1.29 is 4.79 Å². The second kappa shape index (κ2) is 6.43. The van der Waals surface area contributed by atoms with Crippen molar-refractivity contribution in [3.8, 4) is 0 Å². The van der Waals surface area contributed by atoms with E-state index in [1.165, 1.54) is 0 Å². The lowest BCUT2D eigenvalue weighted by molar-refractivity contribution is -0.136. The molecule has 3 rings (SSSR count). The molecule has 0 spiro atoms. The molecular weight excluding hydrogens is 264 g/mol. The number of carbonyl (C=O) groups is 1. The summed E-state index contributed by atoms with van der Waals surface area (Å²) in [5.41, 5.74) is 5.80. The first kappa shape index (κ1) is 14.3. The normalized spacial score (nSPS) is 26.1. The molecule has 0 aromatic carbocycles. The number of carbonyl (C=O) groups excluding carboxylic acids is 1. The maximum Gasteiger partial charge on any atom is 0.226 e. The van der Waals surface area contributed by atoms with Gasteiger partial charge in [-0.1, -0.05) is 12.5 Å². The largest absolute Gasteiger partial charge is 0.353 e. The first-order valence-electron chi connectivity index (χ1n) is 7.94. The van der Waals surface area contributed by atoms with E-state index in [-0.39, 0.29) is 5.92 Å². The van der Waals surface area contributed by atoms with Gasteiger partial charge in [0.15, 0.2) is 0 Å². The third-order valence-electron chi connectivity index (χ3n) is 4.84. The van der Waals surface area contributed by atoms with Gasteiger partial charge in [-0.2, -0.15) is 0 Å². The number of anilines is 1. The quantitative estimate of drug-likeness (QED) is 0.905. The van der Waals surface area contributed by atoms with Crippen molar-refractivity contribution >= 4 is 11.7 Å². The van der Waals surface area contributed by atoms with Gasteiger partial charge in [-0.25, -0.2) is 4.98 Å². The third-order valence-corrected chi connectivity index (χ3v) is 4.84. The Labute approximate surface area is 126 Å². The van der Waals surface area contributed by atoms with E-state index >= 15 is 0 Å². The van der Waals surface area contributed by atoms with Gasteiger partial charge < -0.3 is 15.5 Å². The number of amides is 1. The lowest BCUT2D eigenvalue weighted by Gasteiger charge is -2.37. The second-order valence-electron chi connectivity index (χ2n) is 6.03. The maximum absolute atomic E-state index is 12.6. The molecule has 1 aromatic rings. The van der Waals surface area contributed by atoms with Crippen molar-refractivity contribution in [1.82, 2.24) is 9.88 Å². The number of pyridine rings is 1. The Morgan fingerprint density at radius 2 is 2.05 bits per heavy atom. The fraction of sp³-hybridized carbons (Fsp3) is 0.625. The number of aromatic nitrogens is 1. The van der Waals surface area contributed by atoms with Crippen LogP contribution in [0.3, 0.4) is 0 Å². The Morgan fingerprint density at radius 1 is 1.24 bits per heavy atom. The summed E-state index contributed by atoms with van der Waals surface area (Å²) in [4.78, 5) is 21.3. The molecule has 5 nitrogen and oxygen atoms in total. The number of nitrogens with two attached hydrogens (primary N) is 1. The van der Waals surface area contributed by atoms with Gasteiger partial charge in [0.2, 0.25) is 5.91 Å². The van der Waals surface area contributed by atoms with Crippen molar-refractivity contribution in [3.05, 3.63) is 24.4 Å². The summed E-state index contributed by atoms with van der Waals surface area (Å²) in [7, 11) is 0. The van der Waals surface area contributed by atoms with Crippen LogP contribution in [0.15, 0.2) is 24.4 Å². The third kappa shape index (κ3) is 3.02. The predicted octanol–water partition coefficient (Wildman–Crippen LogP) is 1.11. The average molecular weight is 288 g/mol. The van der Waals surface area contributed by atoms with Gasteiger partial charge in [-0.05, 0) is 37.4 Å². The van der Waals surface area contributed by atoms with Gasteiger partial charge in [0.25, 0.3) is 0 Å². The van der Waals surface area contributed by atoms with Crippen LogP contribution in [0, 0.1) is 11.8 Å². The minimum Gasteiger partial charge on any atom is -0.353 e. The molecule has 2 heterocycles. The molecule has 1 aromatic heterocycles. The molecule has 21 heavy (non-hydrogen) atoms. The molecule has 0 bridgehead atoms. The molecule has 1 saturated carbocycles. The van der Waals surface area contributed by atoms with E-state index in [9.17, 15) is 4.79 Å². The Kier molecular flexibility index (Phi) is 4.39. The molecule has 1 amide bonds. The van der Waals surface area contributed by atoms with Gasteiger partial charge in [-0.3, -0.25) is 4.79 Å². The van der Waals surface area contributed by atoms with Crippen LogP contribution in [0.2, 0.25) is 0 Å². The number of rotatable bonds is 3. The SMILES string of the molecule is NCC1CCCC1C(=O)N1CCN(c2ccccn2)CC1. The van der Waals surface area contributed by atoms with E-state index in [2.05, 4.69) is 9.88 Å². The fourth-order valence-corrected chi connectivity index (χ4v) is 3.58. The van der Waals surface area contributed by atoms with Crippen molar-refractivity contribution in [2.75, 3.05) is 37.6 Å². The molecule has 1 aliphatic heterocycles. The predicted molar refractivity (Wildman–Crippen MR) is 82.9 cm³/mol. The van der Waals surface area contributed by atoms with E-state index < -0.39 is 0 Å². The van der Waals surface area contributed by atoms with E-state index in [1.54, 1.807) is 0 Å². The number of hydrogen-bond acceptors (Lipinski definition) is 4. The van der Waals surface area contributed by atoms with Gasteiger partial charge >= 0.3 is 0 Å². The smallest absolute Gasteiger partial charge is 0.226 e. The lowest BCUT2D eigenvalue weighted by atomic mass is 9.94. The van der Waals surface area contributed by atoms with Gasteiger partial charge in [0.1, 0.15) is 5.82 Å². The molecule has 1 aliphatic carbocycles. The van der Waals surface area contributed by atoms with Crippen molar-refractivity contribution in [1.29, 1.82) is 0 Å². The van der Waals surface area contributed by atoms with Crippen LogP contribution >= 0.6 is 0 Å². The highest BCUT2D eigenvalue weighted by atomic mass is 16.2. The molecule has 2 unspecified atom stereocenters. The average Bonchev–Trinajstić information content (AvgIpc) is 3.04. The zero-order valence-electron chi connectivity index (χ0n) is 12.4.